The van der Waals surface area contributed by atoms with Crippen LogP contribution < -0.4 is 14.8 Å². The highest BCUT2D eigenvalue weighted by Gasteiger charge is 2.20. The molecular formula is C24H30N2O3. The van der Waals surface area contributed by atoms with Gasteiger partial charge >= 0.3 is 0 Å². The van der Waals surface area contributed by atoms with E-state index in [1.807, 2.05) is 30.3 Å². The lowest BCUT2D eigenvalue weighted by molar-refractivity contribution is -0.120. The first kappa shape index (κ1) is 22.3. The lowest BCUT2D eigenvalue weighted by Gasteiger charge is -2.24. The van der Waals surface area contributed by atoms with Crippen molar-refractivity contribution >= 4 is 5.91 Å². The largest absolute Gasteiger partial charge is 0.490 e. The first-order chi connectivity index (χ1) is 13.8. The highest BCUT2D eigenvalue weighted by Crippen LogP contribution is 2.33. The molecule has 5 heteroatoms. The minimum absolute atomic E-state index is 0.0131. The zero-order valence-electron chi connectivity index (χ0n) is 17.7. The van der Waals surface area contributed by atoms with Gasteiger partial charge in [-0.1, -0.05) is 51.1 Å². The van der Waals surface area contributed by atoms with Crippen molar-refractivity contribution in [2.45, 2.75) is 46.0 Å². The topological polar surface area (TPSA) is 71.3 Å². The number of benzene rings is 2. The fraction of sp³-hybridized carbons (Fsp3) is 0.417. The van der Waals surface area contributed by atoms with Gasteiger partial charge in [-0.25, -0.2) is 0 Å². The third kappa shape index (κ3) is 7.15. The van der Waals surface area contributed by atoms with Gasteiger partial charge in [0, 0.05) is 6.54 Å². The van der Waals surface area contributed by atoms with E-state index in [9.17, 15) is 4.79 Å². The van der Waals surface area contributed by atoms with Crippen molar-refractivity contribution in [2.24, 2.45) is 0 Å². The number of carbonyl (C=O) groups excluding carboxylic acids is 1. The van der Waals surface area contributed by atoms with Gasteiger partial charge in [-0.2, -0.15) is 5.26 Å². The number of nitriles is 1. The average molecular weight is 395 g/mol. The summed E-state index contributed by atoms with van der Waals surface area (Å²) in [5.41, 5.74) is 3.39. The molecule has 5 nitrogen and oxygen atoms in total. The maximum absolute atomic E-state index is 11.3. The second kappa shape index (κ2) is 10.5. The summed E-state index contributed by atoms with van der Waals surface area (Å²) in [6.45, 7) is 10.0. The molecule has 2 aromatic rings. The van der Waals surface area contributed by atoms with Crippen LogP contribution in [0.3, 0.4) is 0 Å². The summed E-state index contributed by atoms with van der Waals surface area (Å²) >= 11 is 0. The average Bonchev–Trinajstić information content (AvgIpc) is 2.66. The second-order valence-corrected chi connectivity index (χ2v) is 7.98. The first-order valence-electron chi connectivity index (χ1n) is 9.89. The highest BCUT2D eigenvalue weighted by atomic mass is 16.5. The summed E-state index contributed by atoms with van der Waals surface area (Å²) in [6, 6.07) is 15.9. The standard InChI is InChI=1S/C24H30N2O3/c1-18-7-5-10-21(24(2,3)4)23(18)29-16-15-28-20-9-6-8-19(17-20)12-14-26-22(27)11-13-25/h5-10,17H,11-12,14-16H2,1-4H3,(H,26,27). The van der Waals surface area contributed by atoms with E-state index >= 15 is 0 Å². The van der Waals surface area contributed by atoms with Crippen LogP contribution in [0.1, 0.15) is 43.9 Å². The van der Waals surface area contributed by atoms with Crippen LogP contribution in [-0.2, 0) is 16.6 Å². The lowest BCUT2D eigenvalue weighted by Crippen LogP contribution is -2.24. The monoisotopic (exact) mass is 394 g/mol. The van der Waals surface area contributed by atoms with Gasteiger partial charge < -0.3 is 14.8 Å². The Hall–Kier alpha value is -3.00. The van der Waals surface area contributed by atoms with E-state index in [4.69, 9.17) is 14.7 Å². The van der Waals surface area contributed by atoms with Crippen molar-refractivity contribution in [2.75, 3.05) is 19.8 Å². The molecular weight excluding hydrogens is 364 g/mol. The summed E-state index contributed by atoms with van der Waals surface area (Å²) < 4.78 is 11.9. The molecule has 0 heterocycles. The number of aryl methyl sites for hydroxylation is 1. The molecule has 0 saturated heterocycles. The number of rotatable bonds is 9. The Bertz CT molecular complexity index is 863. The van der Waals surface area contributed by atoms with Crippen LogP contribution in [0.25, 0.3) is 0 Å². The van der Waals surface area contributed by atoms with Crippen LogP contribution in [0.4, 0.5) is 0 Å². The summed E-state index contributed by atoms with van der Waals surface area (Å²) in [5, 5.41) is 11.2. The minimum atomic E-state index is -0.247. The molecule has 0 radical (unpaired) electrons. The molecule has 0 aliphatic heterocycles. The van der Waals surface area contributed by atoms with Crippen LogP contribution in [0.15, 0.2) is 42.5 Å². The molecule has 0 atom stereocenters. The molecule has 2 rings (SSSR count). The summed E-state index contributed by atoms with van der Waals surface area (Å²) in [5.74, 6) is 1.46. The maximum Gasteiger partial charge on any atom is 0.234 e. The normalized spacial score (nSPS) is 10.9. The van der Waals surface area contributed by atoms with Crippen LogP contribution in [-0.4, -0.2) is 25.7 Å². The van der Waals surface area contributed by atoms with E-state index in [1.165, 1.54) is 5.56 Å². The Balaban J connectivity index is 1.85. The number of carbonyl (C=O) groups is 1. The zero-order chi connectivity index (χ0) is 21.3. The van der Waals surface area contributed by atoms with Crippen LogP contribution >= 0.6 is 0 Å². The number of para-hydroxylation sites is 1. The zero-order valence-corrected chi connectivity index (χ0v) is 17.7. The number of nitrogens with zero attached hydrogens (tertiary/aromatic N) is 1. The number of amides is 1. The Morgan fingerprint density at radius 2 is 1.83 bits per heavy atom. The fourth-order valence-electron chi connectivity index (χ4n) is 3.01. The molecule has 0 unspecified atom stereocenters. The van der Waals surface area contributed by atoms with Crippen LogP contribution in [0, 0.1) is 18.3 Å². The van der Waals surface area contributed by atoms with Gasteiger partial charge in [0.2, 0.25) is 5.91 Å². The number of hydrogen-bond acceptors (Lipinski definition) is 4. The third-order valence-corrected chi connectivity index (χ3v) is 4.49. The maximum atomic E-state index is 11.3. The summed E-state index contributed by atoms with van der Waals surface area (Å²) in [6.07, 6.45) is 0.573. The van der Waals surface area contributed by atoms with E-state index in [-0.39, 0.29) is 17.7 Å². The molecule has 154 valence electrons. The van der Waals surface area contributed by atoms with Crippen molar-refractivity contribution in [3.05, 3.63) is 59.2 Å². The smallest absolute Gasteiger partial charge is 0.234 e. The van der Waals surface area contributed by atoms with Gasteiger partial charge in [-0.15, -0.1) is 0 Å². The van der Waals surface area contributed by atoms with E-state index in [0.29, 0.717) is 26.2 Å². The van der Waals surface area contributed by atoms with Crippen molar-refractivity contribution in [1.82, 2.24) is 5.32 Å². The third-order valence-electron chi connectivity index (χ3n) is 4.49. The predicted octanol–water partition coefficient (Wildman–Crippen LogP) is 4.32. The summed E-state index contributed by atoms with van der Waals surface area (Å²) in [7, 11) is 0. The van der Waals surface area contributed by atoms with Gasteiger partial charge in [0.25, 0.3) is 0 Å². The lowest BCUT2D eigenvalue weighted by atomic mass is 9.85. The van der Waals surface area contributed by atoms with Crippen molar-refractivity contribution in [3.8, 4) is 17.6 Å². The van der Waals surface area contributed by atoms with E-state index in [2.05, 4.69) is 51.2 Å². The van der Waals surface area contributed by atoms with Crippen LogP contribution in [0.5, 0.6) is 11.5 Å². The van der Waals surface area contributed by atoms with Gasteiger partial charge in [0.05, 0.1) is 6.07 Å². The Morgan fingerprint density at radius 1 is 1.10 bits per heavy atom. The van der Waals surface area contributed by atoms with Crippen molar-refractivity contribution in [1.29, 1.82) is 5.26 Å². The summed E-state index contributed by atoms with van der Waals surface area (Å²) in [4.78, 5) is 11.3. The molecule has 0 aromatic heterocycles. The SMILES string of the molecule is Cc1cccc(C(C)(C)C)c1OCCOc1cccc(CCNC(=O)CC#N)c1. The molecule has 0 saturated carbocycles. The minimum Gasteiger partial charge on any atom is -0.490 e. The highest BCUT2D eigenvalue weighted by molar-refractivity contribution is 5.77. The number of ether oxygens (including phenoxy) is 2. The molecule has 1 N–H and O–H groups in total. The molecule has 0 bridgehead atoms. The molecule has 29 heavy (non-hydrogen) atoms. The second-order valence-electron chi connectivity index (χ2n) is 7.98. The Morgan fingerprint density at radius 3 is 2.55 bits per heavy atom. The molecule has 0 aliphatic rings. The number of hydrogen-bond donors (Lipinski definition) is 1. The molecule has 0 aliphatic carbocycles. The van der Waals surface area contributed by atoms with Gasteiger partial charge in [-0.05, 0) is 47.6 Å². The predicted molar refractivity (Wildman–Crippen MR) is 114 cm³/mol. The first-order valence-corrected chi connectivity index (χ1v) is 9.89. The van der Waals surface area contributed by atoms with Crippen LogP contribution in [0.2, 0.25) is 0 Å². The molecule has 0 spiro atoms. The molecule has 1 amide bonds. The van der Waals surface area contributed by atoms with Gasteiger partial charge in [0.15, 0.2) is 0 Å². The molecule has 2 aromatic carbocycles. The molecule has 0 fully saturated rings. The van der Waals surface area contributed by atoms with E-state index in [0.717, 1.165) is 22.6 Å². The Labute approximate surface area is 173 Å². The van der Waals surface area contributed by atoms with E-state index in [1.54, 1.807) is 0 Å². The van der Waals surface area contributed by atoms with Gasteiger partial charge in [-0.3, -0.25) is 4.79 Å². The van der Waals surface area contributed by atoms with Gasteiger partial charge in [0.1, 0.15) is 31.1 Å². The number of nitrogens with one attached hydrogen (secondary N) is 1. The Kier molecular flexibility index (Phi) is 8.09. The fourth-order valence-corrected chi connectivity index (χ4v) is 3.01. The van der Waals surface area contributed by atoms with Crippen molar-refractivity contribution < 1.29 is 14.3 Å². The van der Waals surface area contributed by atoms with Crippen molar-refractivity contribution in [3.63, 3.8) is 0 Å². The van der Waals surface area contributed by atoms with E-state index < -0.39 is 0 Å². The quantitative estimate of drug-likeness (QED) is 0.643.